The molecule has 7 nitrogen and oxygen atoms in total. The van der Waals surface area contributed by atoms with Crippen LogP contribution in [0, 0.1) is 5.92 Å². The van der Waals surface area contributed by atoms with Gasteiger partial charge in [-0.3, -0.25) is 14.4 Å². The van der Waals surface area contributed by atoms with Crippen molar-refractivity contribution in [3.05, 3.63) is 34.7 Å². The first-order chi connectivity index (χ1) is 10.6. The third kappa shape index (κ3) is 3.19. The molecule has 22 heavy (non-hydrogen) atoms. The van der Waals surface area contributed by atoms with Gasteiger partial charge in [0.2, 0.25) is 11.8 Å². The minimum atomic E-state index is -0.309. The van der Waals surface area contributed by atoms with Gasteiger partial charge in [0, 0.05) is 38.3 Å². The number of pyridine rings is 1. The van der Waals surface area contributed by atoms with Gasteiger partial charge >= 0.3 is 0 Å². The summed E-state index contributed by atoms with van der Waals surface area (Å²) >= 11 is 0. The molecule has 1 aromatic rings. The highest BCUT2D eigenvalue weighted by Gasteiger charge is 2.34. The van der Waals surface area contributed by atoms with E-state index < -0.39 is 0 Å². The van der Waals surface area contributed by atoms with Crippen molar-refractivity contribution in [3.8, 4) is 0 Å². The number of hydrogen-bond acceptors (Lipinski definition) is 4. The molecule has 2 amide bonds. The lowest BCUT2D eigenvalue weighted by molar-refractivity contribution is -0.133. The van der Waals surface area contributed by atoms with E-state index in [9.17, 15) is 14.4 Å². The molecule has 7 heteroatoms. The number of hydrogen-bond donors (Lipinski definition) is 1. The summed E-state index contributed by atoms with van der Waals surface area (Å²) in [5.41, 5.74) is -0.117. The van der Waals surface area contributed by atoms with E-state index in [4.69, 9.17) is 4.74 Å². The van der Waals surface area contributed by atoms with Crippen LogP contribution in [0.5, 0.6) is 0 Å². The molecule has 0 aromatic carbocycles. The topological polar surface area (TPSA) is 80.6 Å². The van der Waals surface area contributed by atoms with Crippen LogP contribution >= 0.6 is 0 Å². The molecule has 3 heterocycles. The van der Waals surface area contributed by atoms with Crippen molar-refractivity contribution < 1.29 is 14.3 Å². The normalized spacial score (nSPS) is 24.5. The third-order valence-electron chi connectivity index (χ3n) is 4.06. The van der Waals surface area contributed by atoms with Crippen molar-refractivity contribution in [1.82, 2.24) is 14.8 Å². The smallest absolute Gasteiger partial charge is 0.250 e. The van der Waals surface area contributed by atoms with E-state index in [1.807, 2.05) is 0 Å². The SMILES string of the molecule is O=C1N[C@@H]2COC[C@H]1CN(C(=O)CCn1ccccc1=O)C2. The molecule has 2 aliphatic rings. The van der Waals surface area contributed by atoms with Crippen LogP contribution in [-0.4, -0.2) is 53.6 Å². The van der Waals surface area contributed by atoms with E-state index >= 15 is 0 Å². The number of carbonyl (C=O) groups is 2. The summed E-state index contributed by atoms with van der Waals surface area (Å²) in [7, 11) is 0. The maximum Gasteiger partial charge on any atom is 0.250 e. The first-order valence-electron chi connectivity index (χ1n) is 7.45. The van der Waals surface area contributed by atoms with Crippen LogP contribution in [0.1, 0.15) is 6.42 Å². The summed E-state index contributed by atoms with van der Waals surface area (Å²) < 4.78 is 6.96. The molecule has 2 atom stereocenters. The molecule has 2 bridgehead atoms. The van der Waals surface area contributed by atoms with Crippen molar-refractivity contribution in [1.29, 1.82) is 0 Å². The molecule has 0 spiro atoms. The Hall–Kier alpha value is -2.15. The number of amides is 2. The second-order valence-corrected chi connectivity index (χ2v) is 5.72. The predicted octanol–water partition coefficient (Wildman–Crippen LogP) is -0.788. The zero-order valence-corrected chi connectivity index (χ0v) is 12.2. The molecule has 2 saturated heterocycles. The first kappa shape index (κ1) is 14.8. The van der Waals surface area contributed by atoms with E-state index in [0.29, 0.717) is 32.8 Å². The van der Waals surface area contributed by atoms with Gasteiger partial charge in [0.1, 0.15) is 0 Å². The van der Waals surface area contributed by atoms with E-state index in [1.165, 1.54) is 10.6 Å². The molecule has 2 fully saturated rings. The Morgan fingerprint density at radius 2 is 2.14 bits per heavy atom. The Labute approximate surface area is 127 Å². The average molecular weight is 305 g/mol. The summed E-state index contributed by atoms with van der Waals surface area (Å²) in [5.74, 6) is -0.392. The third-order valence-corrected chi connectivity index (χ3v) is 4.06. The monoisotopic (exact) mass is 305 g/mol. The second kappa shape index (κ2) is 6.31. The Kier molecular flexibility index (Phi) is 4.24. The van der Waals surface area contributed by atoms with Crippen LogP contribution in [0.25, 0.3) is 0 Å². The minimum absolute atomic E-state index is 0.0378. The summed E-state index contributed by atoms with van der Waals surface area (Å²) in [6, 6.07) is 4.76. The fourth-order valence-electron chi connectivity index (χ4n) is 2.85. The maximum atomic E-state index is 12.4. The molecule has 0 aliphatic carbocycles. The number of fused-ring (bicyclic) bond motifs is 3. The lowest BCUT2D eigenvalue weighted by atomic mass is 10.1. The predicted molar refractivity (Wildman–Crippen MR) is 78.1 cm³/mol. The van der Waals surface area contributed by atoms with Gasteiger partial charge in [0.05, 0.1) is 25.2 Å². The highest BCUT2D eigenvalue weighted by atomic mass is 16.5. The molecule has 0 saturated carbocycles. The summed E-state index contributed by atoms with van der Waals surface area (Å²) in [5, 5.41) is 2.90. The van der Waals surface area contributed by atoms with Crippen LogP contribution in [0.2, 0.25) is 0 Å². The van der Waals surface area contributed by atoms with Crippen LogP contribution in [-0.2, 0) is 20.9 Å². The highest BCUT2D eigenvalue weighted by Crippen LogP contribution is 2.14. The fraction of sp³-hybridized carbons (Fsp3) is 0.533. The molecule has 0 unspecified atom stereocenters. The van der Waals surface area contributed by atoms with Crippen molar-refractivity contribution in [2.45, 2.75) is 19.0 Å². The molecule has 118 valence electrons. The van der Waals surface area contributed by atoms with Gasteiger partial charge in [-0.2, -0.15) is 0 Å². The minimum Gasteiger partial charge on any atom is -0.378 e. The van der Waals surface area contributed by atoms with Crippen LogP contribution < -0.4 is 10.9 Å². The molecule has 2 aliphatic heterocycles. The number of aromatic nitrogens is 1. The molecule has 1 N–H and O–H groups in total. The van der Waals surface area contributed by atoms with Gasteiger partial charge in [-0.15, -0.1) is 0 Å². The Morgan fingerprint density at radius 3 is 2.95 bits per heavy atom. The van der Waals surface area contributed by atoms with Crippen molar-refractivity contribution >= 4 is 11.8 Å². The lowest BCUT2D eigenvalue weighted by Crippen LogP contribution is -2.44. The number of nitrogens with zero attached hydrogens (tertiary/aromatic N) is 2. The lowest BCUT2D eigenvalue weighted by Gasteiger charge is -2.27. The quantitative estimate of drug-likeness (QED) is 0.794. The number of rotatable bonds is 3. The Balaban J connectivity index is 1.64. The number of nitrogens with one attached hydrogen (secondary N) is 1. The largest absolute Gasteiger partial charge is 0.378 e. The van der Waals surface area contributed by atoms with Crippen molar-refractivity contribution in [3.63, 3.8) is 0 Å². The Bertz CT molecular complexity index is 627. The highest BCUT2D eigenvalue weighted by molar-refractivity contribution is 5.82. The Morgan fingerprint density at radius 1 is 1.27 bits per heavy atom. The number of ether oxygens (including phenoxy) is 1. The average Bonchev–Trinajstić information content (AvgIpc) is 2.74. The van der Waals surface area contributed by atoms with Gasteiger partial charge in [-0.1, -0.05) is 6.07 Å². The van der Waals surface area contributed by atoms with E-state index in [0.717, 1.165) is 0 Å². The van der Waals surface area contributed by atoms with E-state index in [1.54, 1.807) is 23.2 Å². The van der Waals surface area contributed by atoms with Crippen LogP contribution in [0.15, 0.2) is 29.2 Å². The molecule has 3 rings (SSSR count). The first-order valence-corrected chi connectivity index (χ1v) is 7.45. The number of carbonyl (C=O) groups excluding carboxylic acids is 2. The molecular weight excluding hydrogens is 286 g/mol. The zero-order valence-electron chi connectivity index (χ0n) is 12.2. The van der Waals surface area contributed by atoms with Crippen LogP contribution in [0.4, 0.5) is 0 Å². The second-order valence-electron chi connectivity index (χ2n) is 5.72. The van der Waals surface area contributed by atoms with Gasteiger partial charge in [0.25, 0.3) is 5.56 Å². The van der Waals surface area contributed by atoms with Crippen LogP contribution in [0.3, 0.4) is 0 Å². The summed E-state index contributed by atoms with van der Waals surface area (Å²) in [6.45, 7) is 1.98. The van der Waals surface area contributed by atoms with Gasteiger partial charge in [-0.25, -0.2) is 0 Å². The fourth-order valence-corrected chi connectivity index (χ4v) is 2.85. The standard InChI is InChI=1S/C15H19N3O4/c19-13-3-1-2-5-17(13)6-4-14(20)18-7-11-9-22-10-12(8-18)16-15(11)21/h1-3,5,11-12H,4,6-10H2,(H,16,21)/t11-,12+/m1/s1. The maximum absolute atomic E-state index is 12.4. The van der Waals surface area contributed by atoms with Gasteiger partial charge < -0.3 is 19.5 Å². The van der Waals surface area contributed by atoms with Crippen molar-refractivity contribution in [2.75, 3.05) is 26.3 Å². The van der Waals surface area contributed by atoms with Gasteiger partial charge in [-0.05, 0) is 6.07 Å². The molecular formula is C15H19N3O4. The van der Waals surface area contributed by atoms with E-state index in [2.05, 4.69) is 5.32 Å². The van der Waals surface area contributed by atoms with E-state index in [-0.39, 0.29) is 35.8 Å². The molecule has 1 aromatic heterocycles. The number of aryl methyl sites for hydroxylation is 1. The summed E-state index contributed by atoms with van der Waals surface area (Å²) in [6.07, 6.45) is 1.92. The molecule has 0 radical (unpaired) electrons. The zero-order chi connectivity index (χ0) is 15.5. The summed E-state index contributed by atoms with van der Waals surface area (Å²) in [4.78, 5) is 37.7. The van der Waals surface area contributed by atoms with Gasteiger partial charge in [0.15, 0.2) is 0 Å². The van der Waals surface area contributed by atoms with Crippen molar-refractivity contribution in [2.24, 2.45) is 5.92 Å².